The highest BCUT2D eigenvalue weighted by Gasteiger charge is 1.92. The fraction of sp³-hybridized carbons (Fsp3) is 0.222. The molecule has 0 N–H and O–H groups in total. The summed E-state index contributed by atoms with van der Waals surface area (Å²) in [5.74, 6) is 6.25. The van der Waals surface area contributed by atoms with E-state index in [1.54, 1.807) is 0 Å². The molecule has 0 aliphatic rings. The summed E-state index contributed by atoms with van der Waals surface area (Å²) < 4.78 is 1.04. The maximum atomic E-state index is 3.47. The van der Waals surface area contributed by atoms with Gasteiger partial charge < -0.3 is 0 Å². The van der Waals surface area contributed by atoms with Gasteiger partial charge in [-0.3, -0.25) is 0 Å². The monoisotopic (exact) mass is 316 g/mol. The highest BCUT2D eigenvalue weighted by atomic mass is 79.9. The third-order valence-electron chi connectivity index (χ3n) is 1.99. The molecule has 0 heterocycles. The van der Waals surface area contributed by atoms with E-state index >= 15 is 0 Å². The van der Waals surface area contributed by atoms with Gasteiger partial charge in [-0.05, 0) is 40.2 Å². The van der Waals surface area contributed by atoms with Crippen LogP contribution in [0.15, 0.2) is 59.1 Å². The van der Waals surface area contributed by atoms with Crippen LogP contribution in [0.2, 0.25) is 0 Å². The van der Waals surface area contributed by atoms with Gasteiger partial charge in [0.25, 0.3) is 0 Å². The molecule has 0 spiro atoms. The summed E-state index contributed by atoms with van der Waals surface area (Å²) in [4.78, 5) is 0. The van der Waals surface area contributed by atoms with Crippen LogP contribution in [0.3, 0.4) is 0 Å². The Morgan fingerprint density at radius 1 is 0.684 bits per heavy atom. The van der Waals surface area contributed by atoms with Gasteiger partial charge >= 0.3 is 0 Å². The fourth-order valence-electron chi connectivity index (χ4n) is 1.22. The first-order valence-corrected chi connectivity index (χ1v) is 7.47. The summed E-state index contributed by atoms with van der Waals surface area (Å²) in [7, 11) is 0. The molecule has 0 saturated heterocycles. The smallest absolute Gasteiger partial charge is 0.0391 e. The van der Waals surface area contributed by atoms with Crippen molar-refractivity contribution in [1.82, 2.24) is 0 Å². The number of hydrogen-bond donors (Lipinski definition) is 0. The van der Waals surface area contributed by atoms with Crippen LogP contribution in [0, 0.1) is 11.8 Å². The first-order chi connectivity index (χ1) is 9.36. The molecule has 0 aliphatic heterocycles. The van der Waals surface area contributed by atoms with Crippen molar-refractivity contribution in [3.8, 4) is 11.8 Å². The van der Waals surface area contributed by atoms with Crippen molar-refractivity contribution in [2.75, 3.05) is 0 Å². The van der Waals surface area contributed by atoms with Crippen LogP contribution in [-0.2, 0) is 0 Å². The molecule has 2 rings (SSSR count). The second kappa shape index (κ2) is 11.6. The predicted molar refractivity (Wildman–Crippen MR) is 89.3 cm³/mol. The second-order valence-electron chi connectivity index (χ2n) is 3.10. The van der Waals surface area contributed by atoms with Crippen molar-refractivity contribution in [2.45, 2.75) is 27.7 Å². The maximum absolute atomic E-state index is 3.47. The minimum atomic E-state index is 1.02. The predicted octanol–water partition coefficient (Wildman–Crippen LogP) is 5.90. The molecule has 0 atom stereocenters. The first-order valence-electron chi connectivity index (χ1n) is 6.68. The summed E-state index contributed by atoms with van der Waals surface area (Å²) in [5.41, 5.74) is 2.05. The minimum Gasteiger partial charge on any atom is -0.0683 e. The van der Waals surface area contributed by atoms with Crippen LogP contribution in [0.1, 0.15) is 38.8 Å². The Bertz CT molecular complexity index is 504. The highest BCUT2D eigenvalue weighted by molar-refractivity contribution is 9.10. The molecule has 0 radical (unpaired) electrons. The van der Waals surface area contributed by atoms with Crippen molar-refractivity contribution in [1.29, 1.82) is 0 Å². The second-order valence-corrected chi connectivity index (χ2v) is 3.95. The van der Waals surface area contributed by atoms with Crippen molar-refractivity contribution in [3.63, 3.8) is 0 Å². The zero-order valence-corrected chi connectivity index (χ0v) is 13.7. The van der Waals surface area contributed by atoms with Gasteiger partial charge in [-0.2, -0.15) is 0 Å². The van der Waals surface area contributed by atoms with Crippen molar-refractivity contribution < 1.29 is 0 Å². The molecule has 0 saturated carbocycles. The summed E-state index contributed by atoms with van der Waals surface area (Å²) >= 11 is 3.47. The van der Waals surface area contributed by atoms with E-state index in [0.717, 1.165) is 15.6 Å². The molecular weight excluding hydrogens is 296 g/mol. The van der Waals surface area contributed by atoms with Gasteiger partial charge in [0.05, 0.1) is 0 Å². The van der Waals surface area contributed by atoms with E-state index in [4.69, 9.17) is 0 Å². The summed E-state index contributed by atoms with van der Waals surface area (Å²) in [5, 5.41) is 0. The molecule has 2 aromatic carbocycles. The molecule has 0 unspecified atom stereocenters. The zero-order valence-electron chi connectivity index (χ0n) is 12.1. The lowest BCUT2D eigenvalue weighted by Gasteiger charge is -1.93. The van der Waals surface area contributed by atoms with Crippen LogP contribution in [-0.4, -0.2) is 0 Å². The molecule has 2 aromatic rings. The quantitative estimate of drug-likeness (QED) is 0.531. The number of benzene rings is 2. The van der Waals surface area contributed by atoms with Crippen molar-refractivity contribution in [3.05, 3.63) is 70.2 Å². The molecule has 1 heteroatoms. The van der Waals surface area contributed by atoms with E-state index in [2.05, 4.69) is 27.8 Å². The number of rotatable bonds is 0. The molecule has 0 bridgehead atoms. The van der Waals surface area contributed by atoms with Crippen LogP contribution in [0.25, 0.3) is 0 Å². The summed E-state index contributed by atoms with van der Waals surface area (Å²) in [6.07, 6.45) is 0. The average Bonchev–Trinajstić information content (AvgIpc) is 2.52. The molecule has 0 amide bonds. The lowest BCUT2D eigenvalue weighted by Crippen LogP contribution is -1.76. The van der Waals surface area contributed by atoms with E-state index in [1.807, 2.05) is 82.3 Å². The Kier molecular flexibility index (Phi) is 10.6. The van der Waals surface area contributed by atoms with Crippen molar-refractivity contribution in [2.24, 2.45) is 0 Å². The minimum absolute atomic E-state index is 1.02. The van der Waals surface area contributed by atoms with E-state index in [0.29, 0.717) is 0 Å². The molecule has 100 valence electrons. The number of halogens is 1. The van der Waals surface area contributed by atoms with E-state index in [-0.39, 0.29) is 0 Å². The van der Waals surface area contributed by atoms with Crippen LogP contribution in [0.4, 0.5) is 0 Å². The van der Waals surface area contributed by atoms with Gasteiger partial charge in [-0.1, -0.05) is 69.9 Å². The normalized spacial score (nSPS) is 7.84. The fourth-order valence-corrected chi connectivity index (χ4v) is 1.61. The highest BCUT2D eigenvalue weighted by Crippen LogP contribution is 2.14. The van der Waals surface area contributed by atoms with E-state index in [1.165, 1.54) is 0 Å². The summed E-state index contributed by atoms with van der Waals surface area (Å²) in [6, 6.07) is 17.9. The third-order valence-corrected chi connectivity index (χ3v) is 2.68. The van der Waals surface area contributed by atoms with Crippen molar-refractivity contribution >= 4 is 15.9 Å². The largest absolute Gasteiger partial charge is 0.0683 e. The van der Waals surface area contributed by atoms with Gasteiger partial charge in [0, 0.05) is 15.6 Å². The molecule has 0 aliphatic carbocycles. The Labute approximate surface area is 126 Å². The third kappa shape index (κ3) is 6.84. The van der Waals surface area contributed by atoms with Gasteiger partial charge in [0.2, 0.25) is 0 Å². The Hall–Kier alpha value is -1.52. The first kappa shape index (κ1) is 17.5. The molecule has 0 nitrogen and oxygen atoms in total. The van der Waals surface area contributed by atoms with Gasteiger partial charge in [0.15, 0.2) is 0 Å². The number of hydrogen-bond acceptors (Lipinski definition) is 0. The topological polar surface area (TPSA) is 0 Å². The molecule has 19 heavy (non-hydrogen) atoms. The van der Waals surface area contributed by atoms with Crippen LogP contribution < -0.4 is 0 Å². The van der Waals surface area contributed by atoms with Crippen LogP contribution in [0.5, 0.6) is 0 Å². The lowest BCUT2D eigenvalue weighted by atomic mass is 10.2. The maximum Gasteiger partial charge on any atom is 0.0391 e. The van der Waals surface area contributed by atoms with Gasteiger partial charge in [-0.25, -0.2) is 0 Å². The Morgan fingerprint density at radius 3 is 1.79 bits per heavy atom. The zero-order chi connectivity index (χ0) is 14.5. The van der Waals surface area contributed by atoms with Gasteiger partial charge in [0.1, 0.15) is 0 Å². The van der Waals surface area contributed by atoms with Crippen LogP contribution >= 0.6 is 15.9 Å². The summed E-state index contributed by atoms with van der Waals surface area (Å²) in [6.45, 7) is 8.00. The van der Waals surface area contributed by atoms with E-state index in [9.17, 15) is 0 Å². The standard InChI is InChI=1S/C14H9Br.2C2H6/c15-14-9-5-4-8-13(14)11-10-12-6-2-1-3-7-12;2*1-2/h1-9H;2*1-2H3. The van der Waals surface area contributed by atoms with Gasteiger partial charge in [-0.15, -0.1) is 0 Å². The Balaban J connectivity index is 0.000000741. The van der Waals surface area contributed by atoms with E-state index < -0.39 is 0 Å². The lowest BCUT2D eigenvalue weighted by molar-refractivity contribution is 1.50. The molecule has 0 aromatic heterocycles. The molecule has 0 fully saturated rings. The SMILES string of the molecule is Brc1ccccc1C#Cc1ccccc1.CC.CC. The Morgan fingerprint density at radius 2 is 1.21 bits per heavy atom. The average molecular weight is 317 g/mol. The molecular formula is C18H21Br.